The molecule has 1 unspecified atom stereocenters. The number of hydrogen-bond acceptors (Lipinski definition) is 5. The first-order valence-corrected chi connectivity index (χ1v) is 9.70. The van der Waals surface area contributed by atoms with Crippen LogP contribution in [0.4, 0.5) is 5.69 Å². The molecule has 1 fully saturated rings. The van der Waals surface area contributed by atoms with Gasteiger partial charge < -0.3 is 10.5 Å². The highest BCUT2D eigenvalue weighted by molar-refractivity contribution is 7.99. The minimum atomic E-state index is -3.34. The maximum Gasteiger partial charge on any atom is 0.218 e. The molecule has 0 amide bonds. The second kappa shape index (κ2) is 7.49. The number of anilines is 1. The number of ether oxygens (including phenoxy) is 1. The highest BCUT2D eigenvalue weighted by atomic mass is 32.2. The molecule has 1 saturated heterocycles. The van der Waals surface area contributed by atoms with Gasteiger partial charge in [-0.1, -0.05) is 12.1 Å². The molecule has 0 aliphatic carbocycles. The molecular weight excluding hydrogens is 308 g/mol. The van der Waals surface area contributed by atoms with Gasteiger partial charge in [0.05, 0.1) is 12.4 Å². The van der Waals surface area contributed by atoms with Gasteiger partial charge in [-0.05, 0) is 29.9 Å². The highest BCUT2D eigenvalue weighted by Crippen LogP contribution is 2.26. The lowest BCUT2D eigenvalue weighted by atomic mass is 10.2. The van der Waals surface area contributed by atoms with Crippen molar-refractivity contribution in [3.05, 3.63) is 29.8 Å². The van der Waals surface area contributed by atoms with Gasteiger partial charge in [0.15, 0.2) is 0 Å². The van der Waals surface area contributed by atoms with Crippen LogP contribution in [0.1, 0.15) is 12.0 Å². The van der Waals surface area contributed by atoms with Crippen molar-refractivity contribution in [1.29, 1.82) is 0 Å². The van der Waals surface area contributed by atoms with E-state index in [1.807, 2.05) is 0 Å². The second-order valence-electron chi connectivity index (χ2n) is 5.12. The summed E-state index contributed by atoms with van der Waals surface area (Å²) in [5.41, 5.74) is 7.04. The summed E-state index contributed by atoms with van der Waals surface area (Å²) >= 11 is 1.80. The maximum absolute atomic E-state index is 12.7. The van der Waals surface area contributed by atoms with E-state index in [0.717, 1.165) is 23.5 Å². The fraction of sp³-hybridized carbons (Fsp3) is 0.571. The van der Waals surface area contributed by atoms with Crippen LogP contribution >= 0.6 is 11.8 Å². The van der Waals surface area contributed by atoms with E-state index < -0.39 is 10.0 Å². The van der Waals surface area contributed by atoms with Crippen molar-refractivity contribution in [3.63, 3.8) is 0 Å². The number of nitrogens with two attached hydrogens (primary N) is 1. The van der Waals surface area contributed by atoms with Gasteiger partial charge in [-0.25, -0.2) is 8.42 Å². The Labute approximate surface area is 130 Å². The summed E-state index contributed by atoms with van der Waals surface area (Å²) in [7, 11) is -1.75. The Morgan fingerprint density at radius 2 is 2.10 bits per heavy atom. The summed E-state index contributed by atoms with van der Waals surface area (Å²) in [6, 6.07) is 7.09. The van der Waals surface area contributed by atoms with Crippen LogP contribution in [0.25, 0.3) is 0 Å². The zero-order valence-corrected chi connectivity index (χ0v) is 13.8. The monoisotopic (exact) mass is 330 g/mol. The van der Waals surface area contributed by atoms with E-state index in [0.29, 0.717) is 18.8 Å². The van der Waals surface area contributed by atoms with Crippen molar-refractivity contribution < 1.29 is 13.2 Å². The molecule has 1 aliphatic heterocycles. The van der Waals surface area contributed by atoms with Crippen molar-refractivity contribution in [3.8, 4) is 0 Å². The van der Waals surface area contributed by atoms with Crippen molar-refractivity contribution >= 4 is 27.5 Å². The molecule has 1 aromatic carbocycles. The summed E-state index contributed by atoms with van der Waals surface area (Å²) in [6.07, 6.45) is 0.912. The third-order valence-corrected chi connectivity index (χ3v) is 6.55. The topological polar surface area (TPSA) is 72.6 Å². The lowest BCUT2D eigenvalue weighted by Gasteiger charge is -2.27. The number of hydrogen-bond donors (Lipinski definition) is 1. The SMILES string of the molecule is COCCN(C1CCSC1)S(=O)(=O)Cc1ccc(N)cc1. The number of benzene rings is 1. The quantitative estimate of drug-likeness (QED) is 0.768. The molecule has 1 aromatic rings. The smallest absolute Gasteiger partial charge is 0.218 e. The minimum Gasteiger partial charge on any atom is -0.399 e. The van der Waals surface area contributed by atoms with Gasteiger partial charge in [-0.15, -0.1) is 0 Å². The van der Waals surface area contributed by atoms with Gasteiger partial charge in [0.2, 0.25) is 10.0 Å². The summed E-state index contributed by atoms with van der Waals surface area (Å²) in [5, 5.41) is 0. The Bertz CT molecular complexity index is 540. The van der Waals surface area contributed by atoms with Crippen LogP contribution in [0.15, 0.2) is 24.3 Å². The van der Waals surface area contributed by atoms with E-state index in [9.17, 15) is 8.42 Å². The Hall–Kier alpha value is -0.760. The molecule has 1 atom stereocenters. The van der Waals surface area contributed by atoms with Crippen molar-refractivity contribution in [2.24, 2.45) is 0 Å². The summed E-state index contributed by atoms with van der Waals surface area (Å²) < 4.78 is 32.1. The van der Waals surface area contributed by atoms with Crippen molar-refractivity contribution in [2.45, 2.75) is 18.2 Å². The molecule has 5 nitrogen and oxygen atoms in total. The fourth-order valence-corrected chi connectivity index (χ4v) is 5.47. The van der Waals surface area contributed by atoms with Crippen LogP contribution in [0, 0.1) is 0 Å². The van der Waals surface area contributed by atoms with E-state index >= 15 is 0 Å². The van der Waals surface area contributed by atoms with E-state index in [2.05, 4.69) is 0 Å². The summed E-state index contributed by atoms with van der Waals surface area (Å²) in [6.45, 7) is 0.834. The fourth-order valence-electron chi connectivity index (χ4n) is 2.39. The third-order valence-electron chi connectivity index (χ3n) is 3.51. The van der Waals surface area contributed by atoms with E-state index in [4.69, 9.17) is 10.5 Å². The highest BCUT2D eigenvalue weighted by Gasteiger charge is 2.32. The first-order valence-electron chi connectivity index (χ1n) is 6.93. The minimum absolute atomic E-state index is 0.0121. The average Bonchev–Trinajstić information content (AvgIpc) is 2.95. The van der Waals surface area contributed by atoms with E-state index in [1.54, 1.807) is 47.4 Å². The predicted molar refractivity (Wildman–Crippen MR) is 87.8 cm³/mol. The van der Waals surface area contributed by atoms with Gasteiger partial charge >= 0.3 is 0 Å². The first-order chi connectivity index (χ1) is 10.0. The standard InChI is InChI=1S/C14H22N2O3S2/c1-19-8-7-16(14-6-9-20-10-14)21(17,18)11-12-2-4-13(15)5-3-12/h2-5,14H,6-11,15H2,1H3. The number of methoxy groups -OCH3 is 1. The molecule has 7 heteroatoms. The molecule has 1 aliphatic rings. The Balaban J connectivity index is 2.13. The molecule has 21 heavy (non-hydrogen) atoms. The Morgan fingerprint density at radius 3 is 2.67 bits per heavy atom. The van der Waals surface area contributed by atoms with Gasteiger partial charge in [0.1, 0.15) is 0 Å². The van der Waals surface area contributed by atoms with Gasteiger partial charge in [-0.2, -0.15) is 16.1 Å². The predicted octanol–water partition coefficient (Wildman–Crippen LogP) is 1.55. The van der Waals surface area contributed by atoms with Crippen LogP contribution in [-0.2, 0) is 20.5 Å². The normalized spacial score (nSPS) is 19.2. The Morgan fingerprint density at radius 1 is 1.38 bits per heavy atom. The summed E-state index contributed by atoms with van der Waals surface area (Å²) in [4.78, 5) is 0. The number of nitrogens with zero attached hydrogens (tertiary/aromatic N) is 1. The molecule has 2 N–H and O–H groups in total. The van der Waals surface area contributed by atoms with Gasteiger partial charge in [0, 0.05) is 31.1 Å². The third kappa shape index (κ3) is 4.60. The summed E-state index contributed by atoms with van der Waals surface area (Å²) in [5.74, 6) is 1.90. The van der Waals surface area contributed by atoms with Crippen LogP contribution in [-0.4, -0.2) is 50.5 Å². The molecule has 0 radical (unpaired) electrons. The molecule has 2 rings (SSSR count). The molecule has 0 bridgehead atoms. The molecule has 0 saturated carbocycles. The zero-order valence-electron chi connectivity index (χ0n) is 12.2. The maximum atomic E-state index is 12.7. The van der Waals surface area contributed by atoms with Gasteiger partial charge in [0.25, 0.3) is 0 Å². The van der Waals surface area contributed by atoms with E-state index in [-0.39, 0.29) is 11.8 Å². The number of rotatable bonds is 7. The van der Waals surface area contributed by atoms with Gasteiger partial charge in [-0.3, -0.25) is 0 Å². The lowest BCUT2D eigenvalue weighted by Crippen LogP contribution is -2.42. The molecule has 0 spiro atoms. The first kappa shape index (κ1) is 16.6. The largest absolute Gasteiger partial charge is 0.399 e. The van der Waals surface area contributed by atoms with Crippen LogP contribution in [0.3, 0.4) is 0 Å². The molecule has 118 valence electrons. The number of nitrogen functional groups attached to an aromatic ring is 1. The van der Waals surface area contributed by atoms with Crippen LogP contribution in [0.2, 0.25) is 0 Å². The van der Waals surface area contributed by atoms with Crippen LogP contribution < -0.4 is 5.73 Å². The zero-order chi connectivity index (χ0) is 15.3. The van der Waals surface area contributed by atoms with Crippen molar-refractivity contribution in [2.75, 3.05) is 37.5 Å². The molecule has 0 aromatic heterocycles. The Kier molecular flexibility index (Phi) is 5.92. The van der Waals surface area contributed by atoms with Crippen LogP contribution in [0.5, 0.6) is 0 Å². The number of thioether (sulfide) groups is 1. The molecular formula is C14H22N2O3S2. The second-order valence-corrected chi connectivity index (χ2v) is 8.19. The average molecular weight is 330 g/mol. The number of sulfonamides is 1. The molecule has 1 heterocycles. The lowest BCUT2D eigenvalue weighted by molar-refractivity contribution is 0.169. The van der Waals surface area contributed by atoms with E-state index in [1.165, 1.54) is 0 Å². The van der Waals surface area contributed by atoms with Crippen molar-refractivity contribution in [1.82, 2.24) is 4.31 Å².